The third-order valence-electron chi connectivity index (χ3n) is 3.47. The zero-order chi connectivity index (χ0) is 18.7. The fourth-order valence-corrected chi connectivity index (χ4v) is 2.99. The van der Waals surface area contributed by atoms with Gasteiger partial charge in [-0.15, -0.1) is 0 Å². The van der Waals surface area contributed by atoms with Crippen molar-refractivity contribution in [3.05, 3.63) is 77.9 Å². The second-order valence-corrected chi connectivity index (χ2v) is 7.20. The molecule has 1 heterocycles. The number of nitrogens with two attached hydrogens (primary N) is 1. The SMILES string of the molecule is NS(=O)(=O)Cc1cccc(NC(=O)c2ccn(-c3ccc(F)cc3)n2)c1. The Morgan fingerprint density at radius 2 is 1.88 bits per heavy atom. The summed E-state index contributed by atoms with van der Waals surface area (Å²) >= 11 is 0. The van der Waals surface area contributed by atoms with E-state index >= 15 is 0 Å². The summed E-state index contributed by atoms with van der Waals surface area (Å²) in [5, 5.41) is 11.8. The van der Waals surface area contributed by atoms with E-state index in [1.807, 2.05) is 0 Å². The Kier molecular flexibility index (Phi) is 4.83. The fourth-order valence-electron chi connectivity index (χ4n) is 2.35. The molecule has 0 saturated heterocycles. The van der Waals surface area contributed by atoms with Crippen LogP contribution in [0, 0.1) is 5.82 Å². The number of carbonyl (C=O) groups is 1. The molecule has 0 unspecified atom stereocenters. The Morgan fingerprint density at radius 3 is 2.58 bits per heavy atom. The highest BCUT2D eigenvalue weighted by Crippen LogP contribution is 2.14. The van der Waals surface area contributed by atoms with Crippen molar-refractivity contribution in [2.75, 3.05) is 5.32 Å². The number of hydrogen-bond acceptors (Lipinski definition) is 4. The van der Waals surface area contributed by atoms with E-state index < -0.39 is 15.9 Å². The van der Waals surface area contributed by atoms with Gasteiger partial charge in [0.05, 0.1) is 11.4 Å². The first-order valence-electron chi connectivity index (χ1n) is 7.52. The van der Waals surface area contributed by atoms with Gasteiger partial charge in [-0.2, -0.15) is 5.10 Å². The molecule has 3 N–H and O–H groups in total. The molecule has 9 heteroatoms. The average molecular weight is 374 g/mol. The summed E-state index contributed by atoms with van der Waals surface area (Å²) < 4.78 is 36.8. The Hall–Kier alpha value is -3.04. The Morgan fingerprint density at radius 1 is 1.15 bits per heavy atom. The highest BCUT2D eigenvalue weighted by Gasteiger charge is 2.12. The molecule has 3 rings (SSSR count). The van der Waals surface area contributed by atoms with E-state index in [1.165, 1.54) is 28.9 Å². The average Bonchev–Trinajstić information content (AvgIpc) is 3.04. The van der Waals surface area contributed by atoms with Crippen LogP contribution in [0.15, 0.2) is 60.8 Å². The number of anilines is 1. The predicted molar refractivity (Wildman–Crippen MR) is 94.7 cm³/mol. The lowest BCUT2D eigenvalue weighted by atomic mass is 10.2. The van der Waals surface area contributed by atoms with Crippen LogP contribution in [0.1, 0.15) is 16.1 Å². The normalized spacial score (nSPS) is 11.3. The van der Waals surface area contributed by atoms with Gasteiger partial charge in [0.25, 0.3) is 5.91 Å². The summed E-state index contributed by atoms with van der Waals surface area (Å²) in [5.41, 5.74) is 1.65. The minimum atomic E-state index is -3.66. The van der Waals surface area contributed by atoms with Crippen molar-refractivity contribution >= 4 is 21.6 Å². The number of nitrogens with zero attached hydrogens (tertiary/aromatic N) is 2. The quantitative estimate of drug-likeness (QED) is 0.713. The number of nitrogens with one attached hydrogen (secondary N) is 1. The van der Waals surface area contributed by atoms with Gasteiger partial charge in [0.2, 0.25) is 10.0 Å². The zero-order valence-electron chi connectivity index (χ0n) is 13.5. The number of rotatable bonds is 5. The lowest BCUT2D eigenvalue weighted by molar-refractivity contribution is 0.102. The lowest BCUT2D eigenvalue weighted by Crippen LogP contribution is -2.15. The molecule has 0 fully saturated rings. The number of amides is 1. The van der Waals surface area contributed by atoms with Crippen LogP contribution >= 0.6 is 0 Å². The first-order valence-corrected chi connectivity index (χ1v) is 9.24. The Balaban J connectivity index is 1.75. The molecule has 0 spiro atoms. The molecule has 7 nitrogen and oxygen atoms in total. The molecule has 26 heavy (non-hydrogen) atoms. The molecule has 3 aromatic rings. The van der Waals surface area contributed by atoms with Gasteiger partial charge in [-0.1, -0.05) is 12.1 Å². The number of carbonyl (C=O) groups excluding carboxylic acids is 1. The molecule has 2 aromatic carbocycles. The molecule has 134 valence electrons. The number of sulfonamides is 1. The van der Waals surface area contributed by atoms with Gasteiger partial charge in [0.1, 0.15) is 5.82 Å². The highest BCUT2D eigenvalue weighted by molar-refractivity contribution is 7.88. The van der Waals surface area contributed by atoms with Gasteiger partial charge >= 0.3 is 0 Å². The zero-order valence-corrected chi connectivity index (χ0v) is 14.3. The third-order valence-corrected chi connectivity index (χ3v) is 4.20. The van der Waals surface area contributed by atoms with Gasteiger partial charge < -0.3 is 5.32 Å². The summed E-state index contributed by atoms with van der Waals surface area (Å²) in [5.74, 6) is -1.15. The van der Waals surface area contributed by atoms with Crippen molar-refractivity contribution in [1.82, 2.24) is 9.78 Å². The van der Waals surface area contributed by atoms with Crippen molar-refractivity contribution in [3.63, 3.8) is 0 Å². The van der Waals surface area contributed by atoms with Crippen LogP contribution in [0.5, 0.6) is 0 Å². The van der Waals surface area contributed by atoms with E-state index in [0.717, 1.165) is 0 Å². The van der Waals surface area contributed by atoms with Gasteiger partial charge in [-0.25, -0.2) is 22.6 Å². The van der Waals surface area contributed by atoms with Crippen LogP contribution in [0.25, 0.3) is 5.69 Å². The van der Waals surface area contributed by atoms with Crippen molar-refractivity contribution < 1.29 is 17.6 Å². The van der Waals surface area contributed by atoms with E-state index in [9.17, 15) is 17.6 Å². The van der Waals surface area contributed by atoms with Crippen molar-refractivity contribution in [2.24, 2.45) is 5.14 Å². The largest absolute Gasteiger partial charge is 0.321 e. The first-order chi connectivity index (χ1) is 12.3. The second-order valence-electron chi connectivity index (χ2n) is 5.58. The smallest absolute Gasteiger partial charge is 0.276 e. The molecule has 1 aromatic heterocycles. The van der Waals surface area contributed by atoms with Gasteiger partial charge in [-0.3, -0.25) is 4.79 Å². The summed E-state index contributed by atoms with van der Waals surface area (Å²) in [4.78, 5) is 12.3. The van der Waals surface area contributed by atoms with Gasteiger partial charge in [0.15, 0.2) is 5.69 Å². The highest BCUT2D eigenvalue weighted by atomic mass is 32.2. The lowest BCUT2D eigenvalue weighted by Gasteiger charge is -2.06. The molecule has 0 saturated carbocycles. The molecular formula is C17H15FN4O3S. The summed E-state index contributed by atoms with van der Waals surface area (Å²) in [7, 11) is -3.66. The van der Waals surface area contributed by atoms with Crippen molar-refractivity contribution in [3.8, 4) is 5.69 Å². The maximum absolute atomic E-state index is 13.0. The van der Waals surface area contributed by atoms with Crippen LogP contribution in [-0.4, -0.2) is 24.1 Å². The molecule has 0 bridgehead atoms. The van der Waals surface area contributed by atoms with Crippen molar-refractivity contribution in [1.29, 1.82) is 0 Å². The number of primary sulfonamides is 1. The second kappa shape index (κ2) is 7.06. The number of halogens is 1. The van der Waals surface area contributed by atoms with Crippen LogP contribution in [0.4, 0.5) is 10.1 Å². The topological polar surface area (TPSA) is 107 Å². The molecule has 0 radical (unpaired) electrons. The fraction of sp³-hybridized carbons (Fsp3) is 0.0588. The molecule has 1 amide bonds. The monoisotopic (exact) mass is 374 g/mol. The van der Waals surface area contributed by atoms with E-state index in [1.54, 1.807) is 36.5 Å². The molecule has 0 atom stereocenters. The summed E-state index contributed by atoms with van der Waals surface area (Å²) in [6.07, 6.45) is 1.58. The standard InChI is InChI=1S/C17H15FN4O3S/c18-13-4-6-15(7-5-13)22-9-8-16(21-22)17(23)20-14-3-1-2-12(10-14)11-26(19,24)25/h1-10H,11H2,(H,20,23)(H2,19,24,25). The minimum absolute atomic E-state index is 0.158. The van der Waals surface area contributed by atoms with Crippen molar-refractivity contribution in [2.45, 2.75) is 5.75 Å². The van der Waals surface area contributed by atoms with Crippen LogP contribution < -0.4 is 10.5 Å². The maximum atomic E-state index is 13.0. The maximum Gasteiger partial charge on any atom is 0.276 e. The van der Waals surface area contributed by atoms with E-state index in [0.29, 0.717) is 16.9 Å². The number of hydrogen-bond donors (Lipinski definition) is 2. The van der Waals surface area contributed by atoms with E-state index in [2.05, 4.69) is 10.4 Å². The van der Waals surface area contributed by atoms with Crippen LogP contribution in [-0.2, 0) is 15.8 Å². The first kappa shape index (κ1) is 17.8. The molecule has 0 aliphatic carbocycles. The number of benzene rings is 2. The minimum Gasteiger partial charge on any atom is -0.321 e. The molecular weight excluding hydrogens is 359 g/mol. The van der Waals surface area contributed by atoms with E-state index in [4.69, 9.17) is 5.14 Å². The molecule has 0 aliphatic heterocycles. The van der Waals surface area contributed by atoms with Gasteiger partial charge in [0, 0.05) is 11.9 Å². The Bertz CT molecular complexity index is 1050. The Labute approximate surface area is 149 Å². The number of aromatic nitrogens is 2. The summed E-state index contributed by atoms with van der Waals surface area (Å²) in [6, 6.07) is 13.6. The predicted octanol–water partition coefficient (Wildman–Crippen LogP) is 2.05. The van der Waals surface area contributed by atoms with Crippen LogP contribution in [0.2, 0.25) is 0 Å². The molecule has 0 aliphatic rings. The third kappa shape index (κ3) is 4.52. The van der Waals surface area contributed by atoms with Gasteiger partial charge in [-0.05, 0) is 48.0 Å². The summed E-state index contributed by atoms with van der Waals surface area (Å²) in [6.45, 7) is 0. The van der Waals surface area contributed by atoms with Crippen LogP contribution in [0.3, 0.4) is 0 Å². The van der Waals surface area contributed by atoms with E-state index in [-0.39, 0.29) is 17.3 Å².